The molecule has 7 atom stereocenters. The largest absolute Gasteiger partial charge is 0.394 e. The fraction of sp³-hybridized carbons (Fsp3) is 0.652. The molecule has 36 heavy (non-hydrogen) atoms. The van der Waals surface area contributed by atoms with Crippen LogP contribution in [0.5, 0.6) is 0 Å². The highest BCUT2D eigenvalue weighted by molar-refractivity contribution is 8.00. The molecule has 13 heteroatoms. The highest BCUT2D eigenvalue weighted by atomic mass is 32.2. The molecule has 2 aliphatic rings. The molecule has 200 valence electrons. The molecular formula is C23H31F3N4O5S. The summed E-state index contributed by atoms with van der Waals surface area (Å²) in [7, 11) is 0. The molecular weight excluding hydrogens is 501 g/mol. The number of hydrogen-bond donors (Lipinski definition) is 4. The van der Waals surface area contributed by atoms with E-state index in [1.165, 1.54) is 18.0 Å². The van der Waals surface area contributed by atoms with E-state index in [0.717, 1.165) is 29.8 Å². The van der Waals surface area contributed by atoms with Gasteiger partial charge in [0.05, 0.1) is 18.4 Å². The van der Waals surface area contributed by atoms with E-state index >= 15 is 0 Å². The molecule has 3 heterocycles. The van der Waals surface area contributed by atoms with Gasteiger partial charge in [0.25, 0.3) is 0 Å². The van der Waals surface area contributed by atoms with E-state index in [4.69, 9.17) is 4.74 Å². The number of rotatable bonds is 8. The lowest BCUT2D eigenvalue weighted by atomic mass is 9.97. The molecule has 2 aromatic rings. The monoisotopic (exact) mass is 532 g/mol. The van der Waals surface area contributed by atoms with Crippen molar-refractivity contribution in [2.45, 2.75) is 73.9 Å². The summed E-state index contributed by atoms with van der Waals surface area (Å²) in [6.45, 7) is 6.34. The number of likely N-dealkylation sites (tertiary alicyclic amines) is 1. The molecule has 4 N–H and O–H groups in total. The van der Waals surface area contributed by atoms with Crippen molar-refractivity contribution in [3.05, 3.63) is 35.8 Å². The third kappa shape index (κ3) is 5.42. The second-order valence-corrected chi connectivity index (χ2v) is 11.3. The Morgan fingerprint density at radius 1 is 1.19 bits per heavy atom. The zero-order valence-corrected chi connectivity index (χ0v) is 20.9. The van der Waals surface area contributed by atoms with Crippen LogP contribution in [-0.2, 0) is 4.74 Å². The SMILES string of the molecule is C[C@@H]1CCN1C[C@H](S[C@@H]1O[C@H](CO)[C@H](O)[C@H](n2cc(-c3cc(F)c(F)c(F)c3)nn2)[C@H]1O)C(C)(C)O. The van der Waals surface area contributed by atoms with Gasteiger partial charge in [-0.1, -0.05) is 5.21 Å². The first kappa shape index (κ1) is 27.3. The molecule has 2 aliphatic heterocycles. The number of thioether (sulfide) groups is 1. The van der Waals surface area contributed by atoms with Crippen molar-refractivity contribution in [3.63, 3.8) is 0 Å². The standard InChI is InChI=1S/C23H31F3N4O5S/c1-11-4-5-29(11)9-17(23(2,3)34)36-22-21(33)19(20(32)16(10-31)35-22)30-8-15(27-28-30)12-6-13(24)18(26)14(25)7-12/h6-8,11,16-17,19-22,31-34H,4-5,9-10H2,1-3H3/t11-,16-,17+,19+,20+,21-,22+/m1/s1. The molecule has 9 nitrogen and oxygen atoms in total. The fourth-order valence-corrected chi connectivity index (χ4v) is 5.86. The lowest BCUT2D eigenvalue weighted by molar-refractivity contribution is -0.179. The molecule has 0 saturated carbocycles. The van der Waals surface area contributed by atoms with Crippen LogP contribution >= 0.6 is 11.8 Å². The van der Waals surface area contributed by atoms with Gasteiger partial charge in [-0.3, -0.25) is 4.90 Å². The minimum atomic E-state index is -1.61. The average Bonchev–Trinajstić information content (AvgIpc) is 3.29. The lowest BCUT2D eigenvalue weighted by Crippen LogP contribution is -2.57. The van der Waals surface area contributed by atoms with Crippen LogP contribution in [0.2, 0.25) is 0 Å². The van der Waals surface area contributed by atoms with E-state index in [-0.39, 0.29) is 16.5 Å². The first-order valence-electron chi connectivity index (χ1n) is 11.7. The van der Waals surface area contributed by atoms with Crippen molar-refractivity contribution in [2.75, 3.05) is 19.7 Å². The summed E-state index contributed by atoms with van der Waals surface area (Å²) in [6, 6.07) is 0.782. The molecule has 1 aromatic carbocycles. The van der Waals surface area contributed by atoms with Crippen molar-refractivity contribution in [2.24, 2.45) is 0 Å². The van der Waals surface area contributed by atoms with Crippen LogP contribution in [-0.4, -0.2) is 101 Å². The molecule has 0 bridgehead atoms. The Bertz CT molecular complexity index is 1050. The quantitative estimate of drug-likeness (QED) is 0.373. The fourth-order valence-electron chi connectivity index (χ4n) is 4.40. The first-order valence-corrected chi connectivity index (χ1v) is 12.7. The van der Waals surface area contributed by atoms with Crippen molar-refractivity contribution < 1.29 is 38.3 Å². The van der Waals surface area contributed by atoms with Crippen LogP contribution in [0.25, 0.3) is 11.3 Å². The number of hydrogen-bond acceptors (Lipinski definition) is 9. The molecule has 0 aliphatic carbocycles. The maximum atomic E-state index is 13.7. The van der Waals surface area contributed by atoms with Gasteiger partial charge < -0.3 is 25.2 Å². The minimum absolute atomic E-state index is 0.00965. The normalized spacial score (nSPS) is 30.3. The van der Waals surface area contributed by atoms with Crippen LogP contribution in [0.15, 0.2) is 18.3 Å². The van der Waals surface area contributed by atoms with Crippen LogP contribution in [0, 0.1) is 17.5 Å². The number of nitrogens with zero attached hydrogens (tertiary/aromatic N) is 4. The topological polar surface area (TPSA) is 124 Å². The highest BCUT2D eigenvalue weighted by Crippen LogP contribution is 2.40. The van der Waals surface area contributed by atoms with Gasteiger partial charge in [-0.05, 0) is 45.9 Å². The predicted molar refractivity (Wildman–Crippen MR) is 125 cm³/mol. The molecule has 2 fully saturated rings. The van der Waals surface area contributed by atoms with Crippen molar-refractivity contribution >= 4 is 11.8 Å². The minimum Gasteiger partial charge on any atom is -0.394 e. The van der Waals surface area contributed by atoms with Gasteiger partial charge in [-0.2, -0.15) is 0 Å². The molecule has 0 unspecified atom stereocenters. The molecule has 0 radical (unpaired) electrons. The summed E-state index contributed by atoms with van der Waals surface area (Å²) in [5, 5.41) is 50.1. The van der Waals surface area contributed by atoms with E-state index in [1.807, 2.05) is 0 Å². The first-order chi connectivity index (χ1) is 16.9. The predicted octanol–water partition coefficient (Wildman–Crippen LogP) is 1.31. The summed E-state index contributed by atoms with van der Waals surface area (Å²) in [5.74, 6) is -4.39. The van der Waals surface area contributed by atoms with Crippen molar-refractivity contribution in [1.29, 1.82) is 0 Å². The van der Waals surface area contributed by atoms with E-state index < -0.39 is 59.4 Å². The molecule has 1 aromatic heterocycles. The summed E-state index contributed by atoms with van der Waals surface area (Å²) in [6.07, 6.45) is -1.49. The zero-order valence-electron chi connectivity index (χ0n) is 20.1. The molecule has 0 amide bonds. The second-order valence-electron chi connectivity index (χ2n) is 9.95. The number of aliphatic hydroxyl groups is 4. The van der Waals surface area contributed by atoms with E-state index in [9.17, 15) is 33.6 Å². The average molecular weight is 533 g/mol. The van der Waals surface area contributed by atoms with E-state index in [1.54, 1.807) is 13.8 Å². The number of halogens is 3. The Morgan fingerprint density at radius 2 is 1.86 bits per heavy atom. The van der Waals surface area contributed by atoms with Gasteiger partial charge in [0.15, 0.2) is 17.5 Å². The summed E-state index contributed by atoms with van der Waals surface area (Å²) < 4.78 is 47.7. The number of benzene rings is 1. The summed E-state index contributed by atoms with van der Waals surface area (Å²) in [5.41, 5.74) is -2.16. The Kier molecular flexibility index (Phi) is 8.01. The Morgan fingerprint density at radius 3 is 2.39 bits per heavy atom. The third-order valence-electron chi connectivity index (χ3n) is 6.89. The lowest BCUT2D eigenvalue weighted by Gasteiger charge is -2.46. The van der Waals surface area contributed by atoms with Crippen LogP contribution in [0.4, 0.5) is 13.2 Å². The highest BCUT2D eigenvalue weighted by Gasteiger charge is 2.48. The van der Waals surface area contributed by atoms with Crippen molar-refractivity contribution in [1.82, 2.24) is 19.9 Å². The molecule has 4 rings (SSSR count). The number of aromatic nitrogens is 3. The smallest absolute Gasteiger partial charge is 0.194 e. The van der Waals surface area contributed by atoms with Crippen molar-refractivity contribution in [3.8, 4) is 11.3 Å². The Labute approximate surface area is 210 Å². The van der Waals surface area contributed by atoms with Gasteiger partial charge in [0.2, 0.25) is 0 Å². The Hall–Kier alpha value is -1.74. The van der Waals surface area contributed by atoms with Gasteiger partial charge in [0.1, 0.15) is 35.5 Å². The molecule has 0 spiro atoms. The third-order valence-corrected chi connectivity index (χ3v) is 8.60. The van der Waals surface area contributed by atoms with Crippen LogP contribution in [0.3, 0.4) is 0 Å². The van der Waals surface area contributed by atoms with Crippen LogP contribution in [0.1, 0.15) is 33.2 Å². The van der Waals surface area contributed by atoms with Gasteiger partial charge in [-0.15, -0.1) is 16.9 Å². The Balaban J connectivity index is 1.59. The number of ether oxygens (including phenoxy) is 1. The summed E-state index contributed by atoms with van der Waals surface area (Å²) in [4.78, 5) is 2.21. The van der Waals surface area contributed by atoms with E-state index in [2.05, 4.69) is 22.1 Å². The van der Waals surface area contributed by atoms with Gasteiger partial charge in [-0.25, -0.2) is 17.9 Å². The maximum Gasteiger partial charge on any atom is 0.194 e. The van der Waals surface area contributed by atoms with Crippen LogP contribution < -0.4 is 0 Å². The zero-order chi connectivity index (χ0) is 26.4. The maximum absolute atomic E-state index is 13.7. The summed E-state index contributed by atoms with van der Waals surface area (Å²) >= 11 is 1.20. The van der Waals surface area contributed by atoms with Gasteiger partial charge >= 0.3 is 0 Å². The van der Waals surface area contributed by atoms with Gasteiger partial charge in [0, 0.05) is 23.4 Å². The molecule has 2 saturated heterocycles. The number of aliphatic hydroxyl groups excluding tert-OH is 3. The second kappa shape index (κ2) is 10.6. The van der Waals surface area contributed by atoms with E-state index in [0.29, 0.717) is 12.6 Å².